The number of nitrogens with two attached hydrogens (primary N) is 1. The molecule has 0 bridgehead atoms. The quantitative estimate of drug-likeness (QED) is 0.596. The highest BCUT2D eigenvalue weighted by molar-refractivity contribution is 5.37. The number of nitrogen functional groups attached to an aromatic ring is 1. The summed E-state index contributed by atoms with van der Waals surface area (Å²) in [5, 5.41) is 0. The van der Waals surface area contributed by atoms with Gasteiger partial charge in [0.1, 0.15) is 11.9 Å². The minimum absolute atomic E-state index is 0.0609. The molecule has 1 saturated heterocycles. The molecule has 3 rings (SSSR count). The van der Waals surface area contributed by atoms with Crippen molar-refractivity contribution >= 4 is 5.82 Å². The Morgan fingerprint density at radius 3 is 2.81 bits per heavy atom. The highest BCUT2D eigenvalue weighted by atomic mass is 16.5. The second-order valence-electron chi connectivity index (χ2n) is 4.46. The van der Waals surface area contributed by atoms with Gasteiger partial charge in [0, 0.05) is 24.3 Å². The molecule has 0 radical (unpaired) electrons. The molecule has 5 heteroatoms. The Morgan fingerprint density at radius 1 is 1.31 bits per heavy atom. The number of nitrogens with zero attached hydrogens (tertiary/aromatic N) is 2. The molecule has 16 heavy (non-hydrogen) atoms. The van der Waals surface area contributed by atoms with E-state index in [0.29, 0.717) is 11.7 Å². The van der Waals surface area contributed by atoms with E-state index >= 15 is 0 Å². The van der Waals surface area contributed by atoms with E-state index in [-0.39, 0.29) is 6.10 Å². The third-order valence-corrected chi connectivity index (χ3v) is 3.12. The van der Waals surface area contributed by atoms with E-state index in [4.69, 9.17) is 10.6 Å². The summed E-state index contributed by atoms with van der Waals surface area (Å²) in [7, 11) is 0. The number of hydrogen-bond acceptors (Lipinski definition) is 5. The fraction of sp³-hybridized carbons (Fsp3) is 0.636. The molecule has 5 nitrogen and oxygen atoms in total. The second-order valence-corrected chi connectivity index (χ2v) is 4.46. The van der Waals surface area contributed by atoms with Gasteiger partial charge in [0.25, 0.3) is 0 Å². The number of hydrogen-bond donors (Lipinski definition) is 2. The first-order valence-corrected chi connectivity index (χ1v) is 5.84. The molecule has 0 aromatic carbocycles. The molecule has 2 heterocycles. The minimum Gasteiger partial charge on any atom is -0.370 e. The smallest absolute Gasteiger partial charge is 0.159 e. The second kappa shape index (κ2) is 3.99. The van der Waals surface area contributed by atoms with E-state index in [1.54, 1.807) is 0 Å². The average molecular weight is 220 g/mol. The molecular weight excluding hydrogens is 204 g/mol. The van der Waals surface area contributed by atoms with Crippen molar-refractivity contribution in [3.8, 4) is 0 Å². The largest absolute Gasteiger partial charge is 0.370 e. The van der Waals surface area contributed by atoms with Gasteiger partial charge >= 0.3 is 0 Å². The molecule has 1 aromatic heterocycles. The van der Waals surface area contributed by atoms with Crippen LogP contribution in [0.3, 0.4) is 0 Å². The summed E-state index contributed by atoms with van der Waals surface area (Å²) in [6.07, 6.45) is 4.62. The van der Waals surface area contributed by atoms with E-state index in [2.05, 4.69) is 15.4 Å². The maximum atomic E-state index is 5.60. The van der Waals surface area contributed by atoms with Gasteiger partial charge in [-0.25, -0.2) is 15.8 Å². The topological polar surface area (TPSA) is 73.1 Å². The fourth-order valence-electron chi connectivity index (χ4n) is 2.07. The van der Waals surface area contributed by atoms with Gasteiger partial charge in [-0.1, -0.05) is 0 Å². The monoisotopic (exact) mass is 220 g/mol. The lowest BCUT2D eigenvalue weighted by molar-refractivity contribution is 0.105. The molecule has 1 aromatic rings. The van der Waals surface area contributed by atoms with Gasteiger partial charge in [0.2, 0.25) is 0 Å². The van der Waals surface area contributed by atoms with Gasteiger partial charge in [0.15, 0.2) is 5.82 Å². The predicted octanol–water partition coefficient (Wildman–Crippen LogP) is 1.49. The van der Waals surface area contributed by atoms with Gasteiger partial charge < -0.3 is 10.2 Å². The van der Waals surface area contributed by atoms with Gasteiger partial charge in [-0.15, -0.1) is 0 Å². The van der Waals surface area contributed by atoms with Gasteiger partial charge in [-0.3, -0.25) is 0 Å². The SMILES string of the molecule is NNc1cc(C2CC2)nc(C2CCCO2)n1. The third-order valence-electron chi connectivity index (χ3n) is 3.12. The van der Waals surface area contributed by atoms with E-state index in [9.17, 15) is 0 Å². The van der Waals surface area contributed by atoms with Crippen molar-refractivity contribution in [1.82, 2.24) is 9.97 Å². The van der Waals surface area contributed by atoms with Crippen LogP contribution in [0.25, 0.3) is 0 Å². The van der Waals surface area contributed by atoms with E-state index in [0.717, 1.165) is 31.0 Å². The lowest BCUT2D eigenvalue weighted by atomic mass is 10.2. The Labute approximate surface area is 94.4 Å². The highest BCUT2D eigenvalue weighted by Gasteiger charge is 2.28. The molecule has 0 spiro atoms. The zero-order valence-electron chi connectivity index (χ0n) is 9.15. The normalized spacial score (nSPS) is 24.7. The molecule has 1 atom stereocenters. The van der Waals surface area contributed by atoms with Crippen LogP contribution in [0.5, 0.6) is 0 Å². The van der Waals surface area contributed by atoms with Crippen LogP contribution >= 0.6 is 0 Å². The first-order valence-electron chi connectivity index (χ1n) is 5.84. The van der Waals surface area contributed by atoms with E-state index in [1.807, 2.05) is 6.07 Å². The average Bonchev–Trinajstić information content (AvgIpc) is 3.04. The maximum absolute atomic E-state index is 5.60. The van der Waals surface area contributed by atoms with Crippen LogP contribution in [-0.2, 0) is 4.74 Å². The minimum atomic E-state index is 0.0609. The Bertz CT molecular complexity index is 386. The molecule has 2 fully saturated rings. The van der Waals surface area contributed by atoms with Crippen molar-refractivity contribution in [3.63, 3.8) is 0 Å². The van der Waals surface area contributed by atoms with Crippen molar-refractivity contribution in [2.75, 3.05) is 12.0 Å². The number of anilines is 1. The third kappa shape index (κ3) is 1.88. The molecule has 3 N–H and O–H groups in total. The standard InChI is InChI=1S/C11H16N4O/c12-15-10-6-8(7-3-4-7)13-11(14-10)9-2-1-5-16-9/h6-7,9H,1-5,12H2,(H,13,14,15). The van der Waals surface area contributed by atoms with Gasteiger partial charge in [-0.05, 0) is 25.7 Å². The zero-order chi connectivity index (χ0) is 11.0. The van der Waals surface area contributed by atoms with Crippen molar-refractivity contribution < 1.29 is 4.74 Å². The van der Waals surface area contributed by atoms with E-state index < -0.39 is 0 Å². The Kier molecular flexibility index (Phi) is 2.49. The number of hydrazine groups is 1. The summed E-state index contributed by atoms with van der Waals surface area (Å²) in [6.45, 7) is 0.813. The predicted molar refractivity (Wildman–Crippen MR) is 59.7 cm³/mol. The summed E-state index contributed by atoms with van der Waals surface area (Å²) < 4.78 is 5.60. The maximum Gasteiger partial charge on any atom is 0.159 e. The summed E-state index contributed by atoms with van der Waals surface area (Å²) in [6, 6.07) is 1.94. The summed E-state index contributed by atoms with van der Waals surface area (Å²) in [5.41, 5.74) is 3.71. The van der Waals surface area contributed by atoms with Crippen LogP contribution in [0.4, 0.5) is 5.82 Å². The molecule has 1 unspecified atom stereocenters. The van der Waals surface area contributed by atoms with Gasteiger partial charge in [0.05, 0.1) is 0 Å². The molecule has 1 saturated carbocycles. The lowest BCUT2D eigenvalue weighted by Gasteiger charge is -2.11. The van der Waals surface area contributed by atoms with E-state index in [1.165, 1.54) is 12.8 Å². The molecule has 2 aliphatic rings. The van der Waals surface area contributed by atoms with Crippen molar-refractivity contribution in [2.45, 2.75) is 37.7 Å². The van der Waals surface area contributed by atoms with Crippen LogP contribution in [0.2, 0.25) is 0 Å². The molecule has 1 aliphatic heterocycles. The van der Waals surface area contributed by atoms with Crippen molar-refractivity contribution in [3.05, 3.63) is 17.6 Å². The number of ether oxygens (including phenoxy) is 1. The van der Waals surface area contributed by atoms with Gasteiger partial charge in [-0.2, -0.15) is 0 Å². The van der Waals surface area contributed by atoms with Crippen LogP contribution in [0.1, 0.15) is 49.2 Å². The summed E-state index contributed by atoms with van der Waals surface area (Å²) in [5.74, 6) is 7.52. The summed E-state index contributed by atoms with van der Waals surface area (Å²) >= 11 is 0. The first kappa shape index (κ1) is 9.99. The highest BCUT2D eigenvalue weighted by Crippen LogP contribution is 2.40. The molecule has 86 valence electrons. The number of nitrogens with one attached hydrogen (secondary N) is 1. The zero-order valence-corrected chi connectivity index (χ0v) is 9.15. The van der Waals surface area contributed by atoms with Crippen molar-refractivity contribution in [1.29, 1.82) is 0 Å². The Hall–Kier alpha value is -1.20. The molecule has 1 aliphatic carbocycles. The number of rotatable bonds is 3. The molecule has 0 amide bonds. The van der Waals surface area contributed by atoms with Crippen LogP contribution in [-0.4, -0.2) is 16.6 Å². The summed E-state index contributed by atoms with van der Waals surface area (Å²) in [4.78, 5) is 8.97. The lowest BCUT2D eigenvalue weighted by Crippen LogP contribution is -2.13. The first-order chi connectivity index (χ1) is 7.86. The number of aromatic nitrogens is 2. The Morgan fingerprint density at radius 2 is 2.19 bits per heavy atom. The van der Waals surface area contributed by atoms with Crippen LogP contribution < -0.4 is 11.3 Å². The Balaban J connectivity index is 1.92. The van der Waals surface area contributed by atoms with Crippen LogP contribution in [0.15, 0.2) is 6.07 Å². The van der Waals surface area contributed by atoms with Crippen molar-refractivity contribution in [2.24, 2.45) is 5.84 Å². The van der Waals surface area contributed by atoms with Crippen LogP contribution in [0, 0.1) is 0 Å². The molecular formula is C11H16N4O. The fourth-order valence-corrected chi connectivity index (χ4v) is 2.07.